The number of hydrogen-bond acceptors (Lipinski definition) is 3. The normalized spacial score (nSPS) is 17.0. The van der Waals surface area contributed by atoms with Gasteiger partial charge >= 0.3 is 0 Å². The Balaban J connectivity index is 1.31. The number of ether oxygens (including phenoxy) is 2. The summed E-state index contributed by atoms with van der Waals surface area (Å²) in [5, 5.41) is 0. The highest BCUT2D eigenvalue weighted by Gasteiger charge is 2.38. The maximum atomic E-state index is 12.5. The van der Waals surface area contributed by atoms with E-state index in [0.29, 0.717) is 10.4 Å². The minimum absolute atomic E-state index is 0.0488. The van der Waals surface area contributed by atoms with Crippen LogP contribution in [0, 0.1) is 0 Å². The van der Waals surface area contributed by atoms with Crippen molar-refractivity contribution in [2.24, 2.45) is 0 Å². The predicted octanol–water partition coefficient (Wildman–Crippen LogP) is 4.42. The van der Waals surface area contributed by atoms with Crippen molar-refractivity contribution in [2.75, 3.05) is 24.3 Å². The number of piperidine rings is 1. The molecule has 0 unspecified atom stereocenters. The fraction of sp³-hybridized carbons (Fsp3) is 0.318. The number of halogens is 1. The fourth-order valence-corrected chi connectivity index (χ4v) is 4.32. The number of hydrogen-bond donors (Lipinski definition) is 0. The van der Waals surface area contributed by atoms with Gasteiger partial charge in [0.1, 0.15) is 16.1 Å². The van der Waals surface area contributed by atoms with Crippen molar-refractivity contribution in [3.8, 4) is 11.5 Å². The molecule has 2 aliphatic rings. The van der Waals surface area contributed by atoms with E-state index in [-0.39, 0.29) is 17.9 Å². The molecule has 0 radical (unpaired) electrons. The zero-order valence-corrected chi connectivity index (χ0v) is 17.2. The summed E-state index contributed by atoms with van der Waals surface area (Å²) in [6.45, 7) is 1.61. The molecule has 1 spiro atoms. The number of nitrogens with zero attached hydrogens (tertiary/aromatic N) is 1. The second kappa shape index (κ2) is 7.92. The Hall–Kier alpha value is -2.02. The van der Waals surface area contributed by atoms with Gasteiger partial charge in [0.2, 0.25) is 0 Å². The molecule has 4 nitrogen and oxygen atoms in total. The highest BCUT2D eigenvalue weighted by atomic mass is 127. The van der Waals surface area contributed by atoms with Crippen LogP contribution in [0.3, 0.4) is 0 Å². The highest BCUT2D eigenvalue weighted by Crippen LogP contribution is 2.43. The van der Waals surface area contributed by atoms with Crippen molar-refractivity contribution in [1.82, 2.24) is 4.90 Å². The van der Waals surface area contributed by atoms with E-state index in [1.165, 1.54) is 11.1 Å². The molecule has 1 amide bonds. The Kier molecular flexibility index (Phi) is 5.38. The second-order valence-corrected chi connectivity index (χ2v) is 7.59. The highest BCUT2D eigenvalue weighted by molar-refractivity contribution is 14.1. The van der Waals surface area contributed by atoms with E-state index in [1.807, 2.05) is 29.2 Å². The molecule has 5 heteroatoms. The Labute approximate surface area is 173 Å². The van der Waals surface area contributed by atoms with Crippen molar-refractivity contribution in [2.45, 2.75) is 18.3 Å². The van der Waals surface area contributed by atoms with Crippen molar-refractivity contribution in [1.29, 1.82) is 0 Å². The van der Waals surface area contributed by atoms with Crippen LogP contribution in [0.5, 0.6) is 11.5 Å². The van der Waals surface area contributed by atoms with Crippen LogP contribution < -0.4 is 9.47 Å². The third-order valence-corrected chi connectivity index (χ3v) is 5.81. The lowest BCUT2D eigenvalue weighted by molar-refractivity contribution is -0.134. The number of amides is 1. The van der Waals surface area contributed by atoms with Gasteiger partial charge in [-0.1, -0.05) is 36.4 Å². The summed E-state index contributed by atoms with van der Waals surface area (Å²) in [6.07, 6.45) is 6.49. The number of rotatable bonds is 5. The third kappa shape index (κ3) is 3.83. The van der Waals surface area contributed by atoms with Crippen LogP contribution in [0.1, 0.15) is 24.0 Å². The minimum Gasteiger partial charge on any atom is -0.484 e. The molecule has 1 aliphatic carbocycles. The number of allylic oxidation sites excluding steroid dienone is 1. The molecule has 0 bridgehead atoms. The summed E-state index contributed by atoms with van der Waals surface area (Å²) in [7, 11) is 0. The van der Waals surface area contributed by atoms with Crippen molar-refractivity contribution >= 4 is 34.6 Å². The minimum atomic E-state index is 0.0488. The van der Waals surface area contributed by atoms with Gasteiger partial charge in [-0.25, -0.2) is 0 Å². The SMILES string of the molecule is O=C(COc1ccc(OCI)cc1)N1CCC2(C=Cc3ccccc32)CC1. The fourth-order valence-electron chi connectivity index (χ4n) is 3.96. The average Bonchev–Trinajstić information content (AvgIpc) is 3.06. The summed E-state index contributed by atoms with van der Waals surface area (Å²) in [4.78, 5) is 14.5. The lowest BCUT2D eigenvalue weighted by atomic mass is 9.74. The molecule has 4 rings (SSSR count). The molecule has 1 fully saturated rings. The number of carbonyl (C=O) groups is 1. The summed E-state index contributed by atoms with van der Waals surface area (Å²) in [5.74, 6) is 1.53. The molecule has 27 heavy (non-hydrogen) atoms. The van der Waals surface area contributed by atoms with E-state index in [4.69, 9.17) is 9.47 Å². The van der Waals surface area contributed by atoms with Gasteiger partial charge < -0.3 is 14.4 Å². The quantitative estimate of drug-likeness (QED) is 0.475. The van der Waals surface area contributed by atoms with Crippen LogP contribution in [0.15, 0.2) is 54.6 Å². The third-order valence-electron chi connectivity index (χ3n) is 5.49. The topological polar surface area (TPSA) is 38.8 Å². The molecule has 0 atom stereocenters. The molecule has 0 saturated carbocycles. The zero-order valence-electron chi connectivity index (χ0n) is 15.1. The van der Waals surface area contributed by atoms with Crippen molar-refractivity contribution < 1.29 is 14.3 Å². The number of benzene rings is 2. The van der Waals surface area contributed by atoms with Gasteiger partial charge in [-0.05, 0) is 70.8 Å². The Morgan fingerprint density at radius 3 is 2.37 bits per heavy atom. The van der Waals surface area contributed by atoms with E-state index >= 15 is 0 Å². The smallest absolute Gasteiger partial charge is 0.260 e. The Bertz CT molecular complexity index is 839. The standard InChI is InChI=1S/C22H22INO3/c23-16-27-19-7-5-18(6-8-19)26-15-21(25)24-13-11-22(12-14-24)10-9-17-3-1-2-4-20(17)22/h1-10H,11-16H2. The summed E-state index contributed by atoms with van der Waals surface area (Å²) in [6, 6.07) is 16.0. The first kappa shape index (κ1) is 18.3. The molecule has 1 heterocycles. The number of carbonyl (C=O) groups excluding carboxylic acids is 1. The lowest BCUT2D eigenvalue weighted by Crippen LogP contribution is -2.45. The van der Waals surface area contributed by atoms with Crippen LogP contribution in [-0.4, -0.2) is 35.1 Å². The molecule has 2 aromatic rings. The first-order chi connectivity index (χ1) is 13.2. The average molecular weight is 475 g/mol. The van der Waals surface area contributed by atoms with Gasteiger partial charge in [-0.3, -0.25) is 4.79 Å². The predicted molar refractivity (Wildman–Crippen MR) is 114 cm³/mol. The Morgan fingerprint density at radius 1 is 1.00 bits per heavy atom. The van der Waals surface area contributed by atoms with Gasteiger partial charge in [0, 0.05) is 18.5 Å². The van der Waals surface area contributed by atoms with Gasteiger partial charge in [0.05, 0.1) is 0 Å². The summed E-state index contributed by atoms with van der Waals surface area (Å²) >= 11 is 2.15. The van der Waals surface area contributed by atoms with Crippen LogP contribution in [0.2, 0.25) is 0 Å². The van der Waals surface area contributed by atoms with E-state index < -0.39 is 0 Å². The van der Waals surface area contributed by atoms with Crippen LogP contribution >= 0.6 is 22.6 Å². The molecule has 1 aliphatic heterocycles. The monoisotopic (exact) mass is 475 g/mol. The summed E-state index contributed by atoms with van der Waals surface area (Å²) < 4.78 is 11.7. The molecule has 140 valence electrons. The molecular weight excluding hydrogens is 453 g/mol. The molecular formula is C22H22INO3. The maximum Gasteiger partial charge on any atom is 0.260 e. The maximum absolute atomic E-state index is 12.5. The van der Waals surface area contributed by atoms with Gasteiger partial charge in [0.25, 0.3) is 5.91 Å². The number of alkyl halides is 1. The zero-order chi connectivity index (χ0) is 18.7. The first-order valence-electron chi connectivity index (χ1n) is 9.18. The van der Waals surface area contributed by atoms with Crippen LogP contribution in [0.4, 0.5) is 0 Å². The molecule has 0 aromatic heterocycles. The van der Waals surface area contributed by atoms with Gasteiger partial charge in [-0.2, -0.15) is 0 Å². The largest absolute Gasteiger partial charge is 0.484 e. The van der Waals surface area contributed by atoms with Gasteiger partial charge in [-0.15, -0.1) is 0 Å². The molecule has 1 saturated heterocycles. The van der Waals surface area contributed by atoms with E-state index in [2.05, 4.69) is 59.0 Å². The van der Waals surface area contributed by atoms with E-state index in [1.54, 1.807) is 0 Å². The summed E-state index contributed by atoms with van der Waals surface area (Å²) in [5.41, 5.74) is 2.82. The second-order valence-electron chi connectivity index (χ2n) is 6.97. The van der Waals surface area contributed by atoms with Crippen molar-refractivity contribution in [3.05, 3.63) is 65.7 Å². The number of likely N-dealkylation sites (tertiary alicyclic amines) is 1. The van der Waals surface area contributed by atoms with E-state index in [0.717, 1.165) is 31.7 Å². The van der Waals surface area contributed by atoms with Gasteiger partial charge in [0.15, 0.2) is 6.61 Å². The Morgan fingerprint density at radius 2 is 1.67 bits per heavy atom. The molecule has 2 aromatic carbocycles. The number of fused-ring (bicyclic) bond motifs is 2. The lowest BCUT2D eigenvalue weighted by Gasteiger charge is -2.39. The van der Waals surface area contributed by atoms with Crippen LogP contribution in [0.25, 0.3) is 6.08 Å². The first-order valence-corrected chi connectivity index (χ1v) is 10.7. The van der Waals surface area contributed by atoms with Crippen molar-refractivity contribution in [3.63, 3.8) is 0 Å². The van der Waals surface area contributed by atoms with Crippen LogP contribution in [-0.2, 0) is 10.2 Å². The molecule has 0 N–H and O–H groups in total. The van der Waals surface area contributed by atoms with E-state index in [9.17, 15) is 4.79 Å².